The predicted octanol–water partition coefficient (Wildman–Crippen LogP) is 8.93. The first-order valence-corrected chi connectivity index (χ1v) is 22.2. The Morgan fingerprint density at radius 2 is 1.19 bits per heavy atom. The Labute approximate surface area is 216 Å². The average Bonchev–Trinajstić information content (AvgIpc) is 2.52. The van der Waals surface area contributed by atoms with Crippen LogP contribution in [0.3, 0.4) is 0 Å². The topological polar surface area (TPSA) is 27.7 Å². The summed E-state index contributed by atoms with van der Waals surface area (Å²) >= 11 is 11.1. The summed E-state index contributed by atoms with van der Waals surface area (Å²) < 4.78 is 20.9. The van der Waals surface area contributed by atoms with Gasteiger partial charge in [0.05, 0.1) is 22.4 Å². The van der Waals surface area contributed by atoms with E-state index in [1.807, 2.05) is 0 Å². The lowest BCUT2D eigenvalue weighted by molar-refractivity contribution is -0.0261. The van der Waals surface area contributed by atoms with Gasteiger partial charge in [-0.15, -0.1) is 29.7 Å². The van der Waals surface area contributed by atoms with Gasteiger partial charge in [-0.2, -0.15) is 0 Å². The lowest BCUT2D eigenvalue weighted by Gasteiger charge is -2.56. The molecule has 0 aromatic carbocycles. The molecule has 8 heteroatoms. The van der Waals surface area contributed by atoms with E-state index in [4.69, 9.17) is 24.9 Å². The van der Waals surface area contributed by atoms with Crippen molar-refractivity contribution in [3.8, 4) is 0 Å². The lowest BCUT2D eigenvalue weighted by atomic mass is 9.92. The number of hydrogen-bond acceptors (Lipinski definition) is 3. The fourth-order valence-electron chi connectivity index (χ4n) is 3.08. The fraction of sp³-hybridized carbons (Fsp3) is 1.00. The highest BCUT2D eigenvalue weighted by atomic mass is 79.9. The maximum absolute atomic E-state index is 7.19. The second-order valence-corrected chi connectivity index (χ2v) is 30.1. The second-order valence-electron chi connectivity index (χ2n) is 14.3. The van der Waals surface area contributed by atoms with E-state index in [0.717, 1.165) is 6.42 Å². The minimum absolute atomic E-state index is 0.0208. The number of halogens is 2. The van der Waals surface area contributed by atoms with Gasteiger partial charge < -0.3 is 13.3 Å². The smallest absolute Gasteiger partial charge is 0.192 e. The summed E-state index contributed by atoms with van der Waals surface area (Å²) in [6, 6.07) is 0. The minimum Gasteiger partial charge on any atom is -0.561 e. The molecule has 0 amide bonds. The molecule has 1 aliphatic rings. The summed E-state index contributed by atoms with van der Waals surface area (Å²) in [5, 5.41) is 0.173. The lowest BCUT2D eigenvalue weighted by Crippen LogP contribution is -2.62. The molecule has 193 valence electrons. The molecule has 1 rings (SSSR count). The van der Waals surface area contributed by atoms with E-state index in [1.165, 1.54) is 0 Å². The van der Waals surface area contributed by atoms with E-state index in [-0.39, 0.29) is 43.6 Å². The molecule has 0 aliphatic heterocycles. The molecule has 5 unspecified atom stereocenters. The molecule has 1 saturated carbocycles. The van der Waals surface area contributed by atoms with Crippen LogP contribution in [0.1, 0.15) is 68.7 Å². The summed E-state index contributed by atoms with van der Waals surface area (Å²) in [4.78, 5) is 0.0346. The van der Waals surface area contributed by atoms with Gasteiger partial charge in [-0.25, -0.2) is 0 Å². The van der Waals surface area contributed by atoms with Crippen molar-refractivity contribution in [2.24, 2.45) is 0 Å². The van der Waals surface area contributed by atoms with Crippen molar-refractivity contribution in [3.05, 3.63) is 0 Å². The SMILES string of the molecule is CC(C)(C)[Si](C)(C)OC1CC(O[Si-](C)(C)C(C)(C)C)C(Br)C(Cl)C1O[Si](C)(C)C(C)(C)C. The van der Waals surface area contributed by atoms with Gasteiger partial charge in [-0.1, -0.05) is 78.2 Å². The molecule has 1 fully saturated rings. The number of alkyl halides is 2. The van der Waals surface area contributed by atoms with Gasteiger partial charge in [-0.05, 0) is 51.0 Å². The Bertz CT molecular complexity index is 636. The third-order valence-electron chi connectivity index (χ3n) is 8.55. The molecule has 0 bridgehead atoms. The fourth-order valence-corrected chi connectivity index (χ4v) is 8.39. The van der Waals surface area contributed by atoms with Gasteiger partial charge in [0, 0.05) is 6.10 Å². The average molecular weight is 588 g/mol. The summed E-state index contributed by atoms with van der Waals surface area (Å²) in [6.07, 6.45) is 0.635. The Balaban J connectivity index is 3.35. The first-order chi connectivity index (χ1) is 13.8. The molecule has 0 heterocycles. The zero-order valence-electron chi connectivity index (χ0n) is 23.6. The van der Waals surface area contributed by atoms with Gasteiger partial charge in [0.15, 0.2) is 16.6 Å². The summed E-state index contributed by atoms with van der Waals surface area (Å²) in [7, 11) is -5.99. The van der Waals surface area contributed by atoms with Crippen LogP contribution >= 0.6 is 27.5 Å². The zero-order valence-corrected chi connectivity index (χ0v) is 28.9. The molecule has 1 aliphatic carbocycles. The predicted molar refractivity (Wildman–Crippen MR) is 153 cm³/mol. The summed E-state index contributed by atoms with van der Waals surface area (Å²) in [5.74, 6) is 0. The van der Waals surface area contributed by atoms with Crippen LogP contribution in [0.2, 0.25) is 54.4 Å². The molecule has 0 saturated heterocycles. The summed E-state index contributed by atoms with van der Waals surface area (Å²) in [6.45, 7) is 34.5. The molecule has 0 aromatic heterocycles. The van der Waals surface area contributed by atoms with Crippen LogP contribution in [-0.2, 0) is 13.3 Å². The highest BCUT2D eigenvalue weighted by Gasteiger charge is 2.52. The number of hydrogen-bond donors (Lipinski definition) is 0. The molecule has 0 radical (unpaired) electrons. The van der Waals surface area contributed by atoms with E-state index in [9.17, 15) is 0 Å². The first kappa shape index (κ1) is 31.3. The van der Waals surface area contributed by atoms with E-state index in [1.54, 1.807) is 0 Å². The van der Waals surface area contributed by atoms with Crippen molar-refractivity contribution in [3.63, 3.8) is 0 Å². The van der Waals surface area contributed by atoms with E-state index >= 15 is 0 Å². The second kappa shape index (κ2) is 9.98. The van der Waals surface area contributed by atoms with Gasteiger partial charge in [-0.3, -0.25) is 0 Å². The monoisotopic (exact) mass is 586 g/mol. The molecule has 3 nitrogen and oxygen atoms in total. The van der Waals surface area contributed by atoms with Gasteiger partial charge in [0.25, 0.3) is 0 Å². The first-order valence-electron chi connectivity index (χ1n) is 12.2. The van der Waals surface area contributed by atoms with Crippen molar-refractivity contribution in [1.82, 2.24) is 0 Å². The highest BCUT2D eigenvalue weighted by molar-refractivity contribution is 9.09. The van der Waals surface area contributed by atoms with Gasteiger partial charge >= 0.3 is 0 Å². The Morgan fingerprint density at radius 1 is 0.781 bits per heavy atom. The minimum atomic E-state index is -2.03. The van der Waals surface area contributed by atoms with Crippen molar-refractivity contribution in [2.45, 2.75) is 152 Å². The van der Waals surface area contributed by atoms with Crippen LogP contribution < -0.4 is 0 Å². The zero-order chi connectivity index (χ0) is 25.7. The van der Waals surface area contributed by atoms with E-state index in [0.29, 0.717) is 0 Å². The summed E-state index contributed by atoms with van der Waals surface area (Å²) in [5.41, 5.74) is 0. The third-order valence-corrected chi connectivity index (χ3v) is 24.0. The molecule has 0 spiro atoms. The van der Waals surface area contributed by atoms with Crippen molar-refractivity contribution in [1.29, 1.82) is 0 Å². The van der Waals surface area contributed by atoms with E-state index in [2.05, 4.69) is 118 Å². The Morgan fingerprint density at radius 3 is 1.56 bits per heavy atom. The van der Waals surface area contributed by atoms with Gasteiger partial charge in [0.1, 0.15) is 0 Å². The van der Waals surface area contributed by atoms with Crippen molar-refractivity contribution >= 4 is 52.5 Å². The van der Waals surface area contributed by atoms with Crippen molar-refractivity contribution in [2.75, 3.05) is 0 Å². The molecule has 32 heavy (non-hydrogen) atoms. The molecule has 5 atom stereocenters. The Hall–Kier alpha value is 1.30. The van der Waals surface area contributed by atoms with Crippen LogP contribution in [0, 0.1) is 0 Å². The largest absolute Gasteiger partial charge is 0.561 e. The molecular formula is C24H52BrClO3Si3-. The maximum Gasteiger partial charge on any atom is 0.192 e. The molecular weight excluding hydrogens is 536 g/mol. The molecule has 0 aromatic rings. The van der Waals surface area contributed by atoms with Gasteiger partial charge in [0.2, 0.25) is 0 Å². The van der Waals surface area contributed by atoms with Crippen LogP contribution in [0.25, 0.3) is 0 Å². The van der Waals surface area contributed by atoms with Crippen LogP contribution in [0.4, 0.5) is 0 Å². The normalized spacial score (nSPS) is 29.3. The van der Waals surface area contributed by atoms with Crippen LogP contribution in [-0.4, -0.2) is 53.5 Å². The number of rotatable bonds is 6. The van der Waals surface area contributed by atoms with E-state index < -0.39 is 25.0 Å². The Kier molecular flexibility index (Phi) is 9.77. The third kappa shape index (κ3) is 7.17. The molecule has 0 N–H and O–H groups in total. The van der Waals surface area contributed by atoms with Crippen molar-refractivity contribution < 1.29 is 13.3 Å². The van der Waals surface area contributed by atoms with Crippen LogP contribution in [0.15, 0.2) is 0 Å². The van der Waals surface area contributed by atoms with Crippen LogP contribution in [0.5, 0.6) is 0 Å². The highest BCUT2D eigenvalue weighted by Crippen LogP contribution is 2.47. The standard InChI is InChI=1S/C24H52BrClO3Si3/c1-22(2,3)30(10,11)27-17-16-18(28-31(12,13)23(4,5)6)21(20(26)19(17)25)29-32(14,15)24(7,8)9/h17-21H,16H2,1-15H3/q-1. The maximum atomic E-state index is 7.19. The quantitative estimate of drug-likeness (QED) is 0.229.